The standard InChI is InChI=1S/C12H13FO2/c1-7-3-4-9-10(7)5-8(6-11(9)13)12(14)15-2/h5-7H,3-4H2,1-2H3. The van der Waals surface area contributed by atoms with Crippen molar-refractivity contribution >= 4 is 5.97 Å². The Kier molecular flexibility index (Phi) is 2.47. The maximum Gasteiger partial charge on any atom is 0.337 e. The minimum absolute atomic E-state index is 0.280. The first-order chi connectivity index (χ1) is 7.13. The van der Waals surface area contributed by atoms with Crippen LogP contribution in [-0.2, 0) is 11.2 Å². The van der Waals surface area contributed by atoms with Gasteiger partial charge in [-0.2, -0.15) is 0 Å². The number of carbonyl (C=O) groups is 1. The highest BCUT2D eigenvalue weighted by atomic mass is 19.1. The highest BCUT2D eigenvalue weighted by molar-refractivity contribution is 5.89. The second-order valence-corrected chi connectivity index (χ2v) is 3.96. The topological polar surface area (TPSA) is 26.3 Å². The van der Waals surface area contributed by atoms with Crippen molar-refractivity contribution in [1.82, 2.24) is 0 Å². The highest BCUT2D eigenvalue weighted by Gasteiger charge is 2.24. The Hall–Kier alpha value is -1.38. The van der Waals surface area contributed by atoms with Gasteiger partial charge in [-0.15, -0.1) is 0 Å². The van der Waals surface area contributed by atoms with E-state index >= 15 is 0 Å². The Bertz CT molecular complexity index is 412. The number of methoxy groups -OCH3 is 1. The molecule has 15 heavy (non-hydrogen) atoms. The number of esters is 1. The minimum atomic E-state index is -0.476. The number of hydrogen-bond acceptors (Lipinski definition) is 2. The first-order valence-corrected chi connectivity index (χ1v) is 5.04. The SMILES string of the molecule is COC(=O)c1cc(F)c2c(c1)C(C)CC2. The van der Waals surface area contributed by atoms with E-state index in [1.807, 2.05) is 6.92 Å². The van der Waals surface area contributed by atoms with Crippen LogP contribution in [0.15, 0.2) is 12.1 Å². The minimum Gasteiger partial charge on any atom is -0.465 e. The van der Waals surface area contributed by atoms with Gasteiger partial charge in [-0.3, -0.25) is 0 Å². The average Bonchev–Trinajstić information content (AvgIpc) is 2.60. The van der Waals surface area contributed by atoms with Gasteiger partial charge in [0.1, 0.15) is 5.82 Å². The monoisotopic (exact) mass is 208 g/mol. The van der Waals surface area contributed by atoms with Crippen molar-refractivity contribution in [2.45, 2.75) is 25.7 Å². The van der Waals surface area contributed by atoms with Crippen LogP contribution in [0.4, 0.5) is 4.39 Å². The smallest absolute Gasteiger partial charge is 0.337 e. The van der Waals surface area contributed by atoms with Gasteiger partial charge in [0.15, 0.2) is 0 Å². The molecule has 0 fully saturated rings. The van der Waals surface area contributed by atoms with Crippen molar-refractivity contribution in [2.24, 2.45) is 0 Å². The molecule has 2 rings (SSSR count). The summed E-state index contributed by atoms with van der Waals surface area (Å²) >= 11 is 0. The van der Waals surface area contributed by atoms with Crippen molar-refractivity contribution in [1.29, 1.82) is 0 Å². The molecule has 2 nitrogen and oxygen atoms in total. The summed E-state index contributed by atoms with van der Waals surface area (Å²) in [5, 5.41) is 0. The lowest BCUT2D eigenvalue weighted by Crippen LogP contribution is -2.04. The van der Waals surface area contributed by atoms with Crippen LogP contribution in [0.2, 0.25) is 0 Å². The van der Waals surface area contributed by atoms with Crippen molar-refractivity contribution < 1.29 is 13.9 Å². The van der Waals surface area contributed by atoms with E-state index in [-0.39, 0.29) is 5.82 Å². The van der Waals surface area contributed by atoms with E-state index in [1.165, 1.54) is 13.2 Å². The zero-order valence-electron chi connectivity index (χ0n) is 8.84. The molecule has 0 saturated heterocycles. The van der Waals surface area contributed by atoms with Gasteiger partial charge in [0.2, 0.25) is 0 Å². The highest BCUT2D eigenvalue weighted by Crippen LogP contribution is 2.35. The number of fused-ring (bicyclic) bond motifs is 1. The molecule has 80 valence electrons. The molecule has 0 aliphatic heterocycles. The van der Waals surface area contributed by atoms with E-state index in [0.29, 0.717) is 11.5 Å². The van der Waals surface area contributed by atoms with Crippen molar-refractivity contribution in [3.63, 3.8) is 0 Å². The molecule has 0 N–H and O–H groups in total. The van der Waals surface area contributed by atoms with Crippen LogP contribution in [0.1, 0.15) is 40.7 Å². The molecule has 1 atom stereocenters. The third-order valence-corrected chi connectivity index (χ3v) is 3.01. The van der Waals surface area contributed by atoms with Crippen LogP contribution < -0.4 is 0 Å². The molecular formula is C12H13FO2. The third kappa shape index (κ3) is 1.62. The van der Waals surface area contributed by atoms with Crippen LogP contribution in [0, 0.1) is 5.82 Å². The largest absolute Gasteiger partial charge is 0.465 e. The Labute approximate surface area is 88.1 Å². The number of hydrogen-bond donors (Lipinski definition) is 0. The van der Waals surface area contributed by atoms with Crippen LogP contribution in [0.3, 0.4) is 0 Å². The predicted octanol–water partition coefficient (Wildman–Crippen LogP) is 2.66. The maximum absolute atomic E-state index is 13.6. The number of halogens is 1. The number of carbonyl (C=O) groups excluding carboxylic acids is 1. The summed E-state index contributed by atoms with van der Waals surface area (Å²) < 4.78 is 18.2. The average molecular weight is 208 g/mol. The molecule has 0 radical (unpaired) electrons. The van der Waals surface area contributed by atoms with Crippen molar-refractivity contribution in [3.05, 3.63) is 34.6 Å². The molecule has 0 heterocycles. The zero-order chi connectivity index (χ0) is 11.0. The lowest BCUT2D eigenvalue weighted by Gasteiger charge is -2.07. The molecule has 0 spiro atoms. The van der Waals surface area contributed by atoms with E-state index in [2.05, 4.69) is 4.74 Å². The molecule has 1 aromatic rings. The summed E-state index contributed by atoms with van der Waals surface area (Å²) in [5.74, 6) is -0.424. The van der Waals surface area contributed by atoms with Gasteiger partial charge in [-0.1, -0.05) is 6.92 Å². The maximum atomic E-state index is 13.6. The number of ether oxygens (including phenoxy) is 1. The first kappa shape index (κ1) is 10.1. The molecule has 0 bridgehead atoms. The molecule has 3 heteroatoms. The van der Waals surface area contributed by atoms with Gasteiger partial charge < -0.3 is 4.74 Å². The first-order valence-electron chi connectivity index (χ1n) is 5.04. The fourth-order valence-electron chi connectivity index (χ4n) is 2.11. The van der Waals surface area contributed by atoms with E-state index < -0.39 is 5.97 Å². The fraction of sp³-hybridized carbons (Fsp3) is 0.417. The molecule has 1 aromatic carbocycles. The van der Waals surface area contributed by atoms with Gasteiger partial charge in [-0.05, 0) is 42.0 Å². The molecule has 0 aromatic heterocycles. The molecule has 1 unspecified atom stereocenters. The Morgan fingerprint density at radius 1 is 1.53 bits per heavy atom. The van der Waals surface area contributed by atoms with Gasteiger partial charge in [0.05, 0.1) is 12.7 Å². The second kappa shape index (κ2) is 3.65. The lowest BCUT2D eigenvalue weighted by molar-refractivity contribution is 0.0600. The molecule has 0 saturated carbocycles. The van der Waals surface area contributed by atoms with Gasteiger partial charge in [0, 0.05) is 0 Å². The van der Waals surface area contributed by atoms with Crippen molar-refractivity contribution in [3.8, 4) is 0 Å². The van der Waals surface area contributed by atoms with Crippen LogP contribution in [0.25, 0.3) is 0 Å². The van der Waals surface area contributed by atoms with Crippen LogP contribution in [-0.4, -0.2) is 13.1 Å². The molecule has 0 amide bonds. The number of benzene rings is 1. The zero-order valence-corrected chi connectivity index (χ0v) is 8.84. The van der Waals surface area contributed by atoms with Gasteiger partial charge >= 0.3 is 5.97 Å². The molecule has 1 aliphatic rings. The van der Waals surface area contributed by atoms with Crippen molar-refractivity contribution in [2.75, 3.05) is 7.11 Å². The summed E-state index contributed by atoms with van der Waals surface area (Å²) in [4.78, 5) is 11.3. The predicted molar refractivity (Wildman–Crippen MR) is 54.5 cm³/mol. The summed E-state index contributed by atoms with van der Waals surface area (Å²) in [6.45, 7) is 2.05. The van der Waals surface area contributed by atoms with E-state index in [0.717, 1.165) is 24.0 Å². The Morgan fingerprint density at radius 2 is 2.27 bits per heavy atom. The quantitative estimate of drug-likeness (QED) is 0.663. The van der Waals surface area contributed by atoms with Crippen LogP contribution in [0.5, 0.6) is 0 Å². The van der Waals surface area contributed by atoms with Gasteiger partial charge in [-0.25, -0.2) is 9.18 Å². The normalized spacial score (nSPS) is 18.7. The fourth-order valence-corrected chi connectivity index (χ4v) is 2.11. The Balaban J connectivity index is 2.50. The molecule has 1 aliphatic carbocycles. The van der Waals surface area contributed by atoms with E-state index in [9.17, 15) is 9.18 Å². The lowest BCUT2D eigenvalue weighted by atomic mass is 10.0. The number of rotatable bonds is 1. The summed E-state index contributed by atoms with van der Waals surface area (Å²) in [6.07, 6.45) is 1.72. The molecular weight excluding hydrogens is 195 g/mol. The van der Waals surface area contributed by atoms with Crippen LogP contribution >= 0.6 is 0 Å². The summed E-state index contributed by atoms with van der Waals surface area (Å²) in [5.41, 5.74) is 2.02. The summed E-state index contributed by atoms with van der Waals surface area (Å²) in [6, 6.07) is 3.02. The summed E-state index contributed by atoms with van der Waals surface area (Å²) in [7, 11) is 1.30. The Morgan fingerprint density at radius 3 is 2.93 bits per heavy atom. The van der Waals surface area contributed by atoms with Gasteiger partial charge in [0.25, 0.3) is 0 Å². The third-order valence-electron chi connectivity index (χ3n) is 3.01. The van der Waals surface area contributed by atoms with E-state index in [1.54, 1.807) is 6.07 Å². The van der Waals surface area contributed by atoms with E-state index in [4.69, 9.17) is 0 Å². The second-order valence-electron chi connectivity index (χ2n) is 3.96.